The second kappa shape index (κ2) is 4.87. The van der Waals surface area contributed by atoms with Gasteiger partial charge in [-0.2, -0.15) is 0 Å². The van der Waals surface area contributed by atoms with Crippen molar-refractivity contribution in [2.75, 3.05) is 11.4 Å². The summed E-state index contributed by atoms with van der Waals surface area (Å²) in [5, 5.41) is 2.02. The molecule has 3 nitrogen and oxygen atoms in total. The van der Waals surface area contributed by atoms with Crippen molar-refractivity contribution >= 4 is 28.7 Å². The minimum atomic E-state index is -0.394. The van der Waals surface area contributed by atoms with E-state index in [1.807, 2.05) is 37.4 Å². The fraction of sp³-hybridized carbons (Fsp3) is 0.250. The third kappa shape index (κ3) is 1.96. The van der Waals surface area contributed by atoms with Crippen LogP contribution in [0, 0.1) is 13.8 Å². The van der Waals surface area contributed by atoms with Gasteiger partial charge in [-0.15, -0.1) is 11.3 Å². The average Bonchev–Trinajstić information content (AvgIpc) is 3.02. The number of hydrogen-bond acceptors (Lipinski definition) is 3. The Balaban J connectivity index is 1.96. The van der Waals surface area contributed by atoms with Crippen LogP contribution in [-0.2, 0) is 11.2 Å². The third-order valence-corrected chi connectivity index (χ3v) is 4.62. The number of rotatable bonds is 3. The molecule has 1 amide bonds. The topological polar surface area (TPSA) is 37.4 Å². The van der Waals surface area contributed by atoms with E-state index in [0.29, 0.717) is 12.1 Å². The number of carbonyl (C=O) groups excluding carboxylic acids is 2. The number of thiophene rings is 1. The zero-order valence-electron chi connectivity index (χ0n) is 11.5. The molecule has 1 aliphatic heterocycles. The first-order valence-electron chi connectivity index (χ1n) is 6.58. The summed E-state index contributed by atoms with van der Waals surface area (Å²) in [5.74, 6) is -0.763. The van der Waals surface area contributed by atoms with Crippen molar-refractivity contribution in [2.24, 2.45) is 0 Å². The van der Waals surface area contributed by atoms with Crippen LogP contribution in [0.5, 0.6) is 0 Å². The molecule has 0 bridgehead atoms. The van der Waals surface area contributed by atoms with Crippen LogP contribution in [0.15, 0.2) is 29.6 Å². The summed E-state index contributed by atoms with van der Waals surface area (Å²) < 4.78 is 0. The monoisotopic (exact) mass is 285 g/mol. The standard InChI is InChI=1S/C16H15NO2S/c1-10-5-6-11(2)14-13(10)15(18)16(19)17(14)8-7-12-4-3-9-20-12/h3-6,9H,7-8H2,1-2H3. The number of ketones is 1. The van der Waals surface area contributed by atoms with Crippen molar-refractivity contribution in [2.45, 2.75) is 20.3 Å². The van der Waals surface area contributed by atoms with Crippen LogP contribution in [0.2, 0.25) is 0 Å². The normalized spacial score (nSPS) is 14.0. The Morgan fingerprint density at radius 1 is 1.10 bits per heavy atom. The van der Waals surface area contributed by atoms with Gasteiger partial charge in [0.05, 0.1) is 11.3 Å². The highest BCUT2D eigenvalue weighted by Gasteiger charge is 2.37. The van der Waals surface area contributed by atoms with Crippen molar-refractivity contribution in [3.8, 4) is 0 Å². The van der Waals surface area contributed by atoms with E-state index < -0.39 is 5.91 Å². The van der Waals surface area contributed by atoms with Crippen LogP contribution in [0.4, 0.5) is 5.69 Å². The first-order chi connectivity index (χ1) is 9.59. The fourth-order valence-electron chi connectivity index (χ4n) is 2.65. The molecule has 0 unspecified atom stereocenters. The van der Waals surface area contributed by atoms with E-state index in [0.717, 1.165) is 23.2 Å². The molecule has 0 saturated carbocycles. The molecule has 3 rings (SSSR count). The maximum Gasteiger partial charge on any atom is 0.299 e. The molecule has 102 valence electrons. The third-order valence-electron chi connectivity index (χ3n) is 3.69. The molecule has 1 aliphatic rings. The van der Waals surface area contributed by atoms with Gasteiger partial charge in [-0.3, -0.25) is 9.59 Å². The van der Waals surface area contributed by atoms with Gasteiger partial charge in [-0.25, -0.2) is 0 Å². The lowest BCUT2D eigenvalue weighted by Crippen LogP contribution is -2.31. The smallest absolute Gasteiger partial charge is 0.299 e. The quantitative estimate of drug-likeness (QED) is 0.812. The molecule has 4 heteroatoms. The Morgan fingerprint density at radius 2 is 1.85 bits per heavy atom. The number of anilines is 1. The SMILES string of the molecule is Cc1ccc(C)c2c1C(=O)C(=O)N2CCc1cccs1. The Bertz CT molecular complexity index is 689. The number of amides is 1. The number of nitrogens with zero attached hydrogens (tertiary/aromatic N) is 1. The summed E-state index contributed by atoms with van der Waals surface area (Å²) in [5.41, 5.74) is 3.25. The predicted octanol–water partition coefficient (Wildman–Crippen LogP) is 3.14. The number of hydrogen-bond donors (Lipinski definition) is 0. The van der Waals surface area contributed by atoms with Crippen LogP contribution >= 0.6 is 11.3 Å². The largest absolute Gasteiger partial charge is 0.304 e. The summed E-state index contributed by atoms with van der Waals surface area (Å²) >= 11 is 1.67. The number of Topliss-reactive ketones (excluding diaryl/α,β-unsaturated/α-hetero) is 1. The first-order valence-corrected chi connectivity index (χ1v) is 7.46. The molecule has 0 saturated heterocycles. The molecule has 0 fully saturated rings. The van der Waals surface area contributed by atoms with Crippen molar-refractivity contribution < 1.29 is 9.59 Å². The zero-order chi connectivity index (χ0) is 14.3. The van der Waals surface area contributed by atoms with Crippen LogP contribution in [0.25, 0.3) is 0 Å². The van der Waals surface area contributed by atoms with E-state index >= 15 is 0 Å². The van der Waals surface area contributed by atoms with Crippen molar-refractivity contribution in [3.05, 3.63) is 51.2 Å². The van der Waals surface area contributed by atoms with Crippen LogP contribution < -0.4 is 4.90 Å². The Labute approximate surface area is 121 Å². The number of carbonyl (C=O) groups is 2. The highest BCUT2D eigenvalue weighted by molar-refractivity contribution is 7.09. The lowest BCUT2D eigenvalue weighted by molar-refractivity contribution is -0.114. The van der Waals surface area contributed by atoms with Gasteiger partial charge in [0.25, 0.3) is 11.7 Å². The van der Waals surface area contributed by atoms with Gasteiger partial charge in [0.1, 0.15) is 0 Å². The van der Waals surface area contributed by atoms with E-state index in [1.165, 1.54) is 4.88 Å². The second-order valence-corrected chi connectivity index (χ2v) is 6.07. The molecule has 0 spiro atoms. The predicted molar refractivity (Wildman–Crippen MR) is 80.6 cm³/mol. The number of aryl methyl sites for hydroxylation is 2. The lowest BCUT2D eigenvalue weighted by Gasteiger charge is -2.18. The first kappa shape index (κ1) is 13.1. The van der Waals surface area contributed by atoms with E-state index in [2.05, 4.69) is 6.07 Å². The van der Waals surface area contributed by atoms with E-state index in [4.69, 9.17) is 0 Å². The molecule has 1 aromatic heterocycles. The van der Waals surface area contributed by atoms with Gasteiger partial charge in [0.2, 0.25) is 0 Å². The minimum absolute atomic E-state index is 0.368. The van der Waals surface area contributed by atoms with Crippen molar-refractivity contribution in [1.29, 1.82) is 0 Å². The van der Waals surface area contributed by atoms with E-state index in [-0.39, 0.29) is 5.78 Å². The molecule has 1 aromatic carbocycles. The van der Waals surface area contributed by atoms with Crippen molar-refractivity contribution in [1.82, 2.24) is 0 Å². The number of benzene rings is 1. The van der Waals surface area contributed by atoms with Gasteiger partial charge in [-0.1, -0.05) is 18.2 Å². The van der Waals surface area contributed by atoms with Gasteiger partial charge < -0.3 is 4.90 Å². The van der Waals surface area contributed by atoms with Crippen LogP contribution in [0.1, 0.15) is 26.4 Å². The summed E-state index contributed by atoms with van der Waals surface area (Å²) in [6.07, 6.45) is 0.781. The van der Waals surface area contributed by atoms with Gasteiger partial charge >= 0.3 is 0 Å². The number of fused-ring (bicyclic) bond motifs is 1. The second-order valence-electron chi connectivity index (χ2n) is 5.04. The van der Waals surface area contributed by atoms with Crippen molar-refractivity contribution in [3.63, 3.8) is 0 Å². The van der Waals surface area contributed by atoms with Crippen LogP contribution in [-0.4, -0.2) is 18.2 Å². The molecular weight excluding hydrogens is 270 g/mol. The minimum Gasteiger partial charge on any atom is -0.304 e. The summed E-state index contributed by atoms with van der Waals surface area (Å²) in [6.45, 7) is 4.39. The fourth-order valence-corrected chi connectivity index (χ4v) is 3.35. The molecule has 0 aliphatic carbocycles. The highest BCUT2D eigenvalue weighted by Crippen LogP contribution is 2.34. The highest BCUT2D eigenvalue weighted by atomic mass is 32.1. The summed E-state index contributed by atoms with van der Waals surface area (Å²) in [4.78, 5) is 27.2. The Kier molecular flexibility index (Phi) is 3.18. The molecule has 2 heterocycles. The molecule has 0 radical (unpaired) electrons. The Hall–Kier alpha value is -1.94. The molecule has 0 N–H and O–H groups in total. The van der Waals surface area contributed by atoms with Gasteiger partial charge in [-0.05, 0) is 42.8 Å². The average molecular weight is 285 g/mol. The lowest BCUT2D eigenvalue weighted by atomic mass is 10.0. The summed E-state index contributed by atoms with van der Waals surface area (Å²) in [6, 6.07) is 7.93. The molecule has 0 atom stereocenters. The molecule has 20 heavy (non-hydrogen) atoms. The van der Waals surface area contributed by atoms with E-state index in [1.54, 1.807) is 16.2 Å². The van der Waals surface area contributed by atoms with Gasteiger partial charge in [0.15, 0.2) is 0 Å². The molecular formula is C16H15NO2S. The van der Waals surface area contributed by atoms with Crippen LogP contribution in [0.3, 0.4) is 0 Å². The zero-order valence-corrected chi connectivity index (χ0v) is 12.3. The Morgan fingerprint density at radius 3 is 2.55 bits per heavy atom. The maximum absolute atomic E-state index is 12.2. The maximum atomic E-state index is 12.2. The molecule has 2 aromatic rings. The summed E-state index contributed by atoms with van der Waals surface area (Å²) in [7, 11) is 0. The van der Waals surface area contributed by atoms with Gasteiger partial charge in [0, 0.05) is 11.4 Å². The van der Waals surface area contributed by atoms with E-state index in [9.17, 15) is 9.59 Å².